The van der Waals surface area contributed by atoms with Gasteiger partial charge < -0.3 is 10.5 Å². The van der Waals surface area contributed by atoms with E-state index in [1.807, 2.05) is 0 Å². The van der Waals surface area contributed by atoms with Crippen molar-refractivity contribution in [2.45, 2.75) is 6.92 Å². The quantitative estimate of drug-likeness (QED) is 0.700. The van der Waals surface area contributed by atoms with E-state index in [2.05, 4.69) is 4.98 Å². The first-order chi connectivity index (χ1) is 9.81. The summed E-state index contributed by atoms with van der Waals surface area (Å²) in [5.74, 6) is -9.50. The van der Waals surface area contributed by atoms with Crippen LogP contribution in [0.1, 0.15) is 15.9 Å². The SMILES string of the molecule is Cc1ccc(C(N)=O)cc1Oc1c(F)c(F)nc(F)c1F. The van der Waals surface area contributed by atoms with Crippen LogP contribution in [0.5, 0.6) is 11.5 Å². The predicted octanol–water partition coefficient (Wildman–Crippen LogP) is 2.84. The molecule has 0 unspecified atom stereocenters. The van der Waals surface area contributed by atoms with Crippen LogP contribution in [0.25, 0.3) is 0 Å². The molecule has 8 heteroatoms. The first-order valence-corrected chi connectivity index (χ1v) is 5.59. The molecule has 4 nitrogen and oxygen atoms in total. The number of ether oxygens (including phenoxy) is 1. The number of primary amides is 1. The Kier molecular flexibility index (Phi) is 3.79. The number of aromatic nitrogens is 1. The highest BCUT2D eigenvalue weighted by molar-refractivity contribution is 5.93. The number of aryl methyl sites for hydroxylation is 1. The van der Waals surface area contributed by atoms with Crippen LogP contribution in [0.3, 0.4) is 0 Å². The third-order valence-corrected chi connectivity index (χ3v) is 2.64. The zero-order chi connectivity index (χ0) is 15.7. The van der Waals surface area contributed by atoms with Gasteiger partial charge in [0, 0.05) is 5.56 Å². The molecule has 0 saturated heterocycles. The molecule has 0 bridgehead atoms. The van der Waals surface area contributed by atoms with Crippen LogP contribution >= 0.6 is 0 Å². The van der Waals surface area contributed by atoms with Gasteiger partial charge in [0.05, 0.1) is 0 Å². The zero-order valence-corrected chi connectivity index (χ0v) is 10.6. The highest BCUT2D eigenvalue weighted by Gasteiger charge is 2.23. The number of pyridine rings is 1. The Morgan fingerprint density at radius 1 is 1.14 bits per heavy atom. The van der Waals surface area contributed by atoms with Crippen LogP contribution < -0.4 is 10.5 Å². The molecule has 1 amide bonds. The van der Waals surface area contributed by atoms with Crippen molar-refractivity contribution >= 4 is 5.91 Å². The maximum absolute atomic E-state index is 13.5. The number of rotatable bonds is 3. The zero-order valence-electron chi connectivity index (χ0n) is 10.6. The molecule has 0 saturated carbocycles. The molecule has 0 fully saturated rings. The van der Waals surface area contributed by atoms with E-state index in [0.29, 0.717) is 5.56 Å². The third-order valence-electron chi connectivity index (χ3n) is 2.64. The molecule has 0 aliphatic carbocycles. The molecule has 0 atom stereocenters. The van der Waals surface area contributed by atoms with Crippen molar-refractivity contribution in [3.05, 3.63) is 52.9 Å². The van der Waals surface area contributed by atoms with E-state index in [4.69, 9.17) is 10.5 Å². The number of nitrogens with zero attached hydrogens (tertiary/aromatic N) is 1. The lowest BCUT2D eigenvalue weighted by molar-refractivity contribution is 0.1000. The second-order valence-electron chi connectivity index (χ2n) is 4.10. The monoisotopic (exact) mass is 300 g/mol. The lowest BCUT2D eigenvalue weighted by Gasteiger charge is -2.11. The van der Waals surface area contributed by atoms with Crippen LogP contribution in [0, 0.1) is 30.5 Å². The van der Waals surface area contributed by atoms with E-state index < -0.39 is 35.2 Å². The number of benzene rings is 1. The Labute approximate surface area is 116 Å². The minimum atomic E-state index is -1.84. The maximum atomic E-state index is 13.5. The summed E-state index contributed by atoms with van der Waals surface area (Å²) >= 11 is 0. The smallest absolute Gasteiger partial charge is 0.255 e. The van der Waals surface area contributed by atoms with Gasteiger partial charge in [-0.25, -0.2) is 0 Å². The van der Waals surface area contributed by atoms with E-state index in [1.165, 1.54) is 19.1 Å². The average molecular weight is 300 g/mol. The molecule has 0 spiro atoms. The van der Waals surface area contributed by atoms with Gasteiger partial charge in [0.2, 0.25) is 23.3 Å². The van der Waals surface area contributed by atoms with Gasteiger partial charge in [-0.15, -0.1) is 0 Å². The molecule has 1 heterocycles. The highest BCUT2D eigenvalue weighted by atomic mass is 19.2. The molecule has 1 aromatic carbocycles. The number of carbonyl (C=O) groups excluding carboxylic acids is 1. The molecule has 0 aliphatic heterocycles. The summed E-state index contributed by atoms with van der Waals surface area (Å²) < 4.78 is 57.7. The normalized spacial score (nSPS) is 10.5. The van der Waals surface area contributed by atoms with Crippen molar-refractivity contribution in [3.8, 4) is 11.5 Å². The van der Waals surface area contributed by atoms with Gasteiger partial charge in [0.15, 0.2) is 0 Å². The lowest BCUT2D eigenvalue weighted by atomic mass is 10.1. The van der Waals surface area contributed by atoms with Gasteiger partial charge in [-0.2, -0.15) is 22.5 Å². The van der Waals surface area contributed by atoms with Crippen LogP contribution in [0.4, 0.5) is 17.6 Å². The van der Waals surface area contributed by atoms with Gasteiger partial charge in [-0.3, -0.25) is 4.79 Å². The summed E-state index contributed by atoms with van der Waals surface area (Å²) in [6.45, 7) is 1.50. The molecule has 2 aromatic rings. The second-order valence-corrected chi connectivity index (χ2v) is 4.10. The Hall–Kier alpha value is -2.64. The fourth-order valence-electron chi connectivity index (χ4n) is 1.53. The van der Waals surface area contributed by atoms with Gasteiger partial charge in [0.25, 0.3) is 11.9 Å². The summed E-state index contributed by atoms with van der Waals surface area (Å²) in [7, 11) is 0. The molecular formula is C13H8F4N2O2. The Morgan fingerprint density at radius 3 is 2.24 bits per heavy atom. The summed E-state index contributed by atoms with van der Waals surface area (Å²) in [5, 5.41) is 0. The average Bonchev–Trinajstić information content (AvgIpc) is 2.43. The Balaban J connectivity index is 2.53. The van der Waals surface area contributed by atoms with Crippen molar-refractivity contribution in [3.63, 3.8) is 0 Å². The van der Waals surface area contributed by atoms with E-state index >= 15 is 0 Å². The summed E-state index contributed by atoms with van der Waals surface area (Å²) in [5.41, 5.74) is 5.44. The Morgan fingerprint density at radius 2 is 1.71 bits per heavy atom. The number of hydrogen-bond acceptors (Lipinski definition) is 3. The topological polar surface area (TPSA) is 65.2 Å². The van der Waals surface area contributed by atoms with Crippen molar-refractivity contribution in [1.29, 1.82) is 0 Å². The number of nitrogens with two attached hydrogens (primary N) is 1. The minimum absolute atomic E-state index is 0.00594. The van der Waals surface area contributed by atoms with Crippen LogP contribution in [0.2, 0.25) is 0 Å². The lowest BCUT2D eigenvalue weighted by Crippen LogP contribution is -2.11. The fourth-order valence-corrected chi connectivity index (χ4v) is 1.53. The third kappa shape index (κ3) is 2.78. The Bertz CT molecular complexity index is 708. The largest absolute Gasteiger partial charge is 0.450 e. The second kappa shape index (κ2) is 5.39. The van der Waals surface area contributed by atoms with E-state index in [9.17, 15) is 22.4 Å². The van der Waals surface area contributed by atoms with Crippen molar-refractivity contribution in [2.75, 3.05) is 0 Å². The van der Waals surface area contributed by atoms with E-state index in [1.54, 1.807) is 0 Å². The number of hydrogen-bond donors (Lipinski definition) is 1. The van der Waals surface area contributed by atoms with Crippen molar-refractivity contribution < 1.29 is 27.1 Å². The molecule has 21 heavy (non-hydrogen) atoms. The highest BCUT2D eigenvalue weighted by Crippen LogP contribution is 2.31. The first kappa shape index (κ1) is 14.8. The molecule has 0 radical (unpaired) electrons. The molecule has 110 valence electrons. The van der Waals surface area contributed by atoms with E-state index in [-0.39, 0.29) is 11.3 Å². The van der Waals surface area contributed by atoms with Crippen LogP contribution in [-0.4, -0.2) is 10.9 Å². The molecular weight excluding hydrogens is 292 g/mol. The van der Waals surface area contributed by atoms with E-state index in [0.717, 1.165) is 6.07 Å². The van der Waals surface area contributed by atoms with Gasteiger partial charge >= 0.3 is 0 Å². The van der Waals surface area contributed by atoms with Crippen molar-refractivity contribution in [2.24, 2.45) is 5.73 Å². The maximum Gasteiger partial charge on any atom is 0.255 e. The van der Waals surface area contributed by atoms with Crippen molar-refractivity contribution in [1.82, 2.24) is 4.98 Å². The van der Waals surface area contributed by atoms with Gasteiger partial charge in [-0.1, -0.05) is 6.07 Å². The predicted molar refractivity (Wildman–Crippen MR) is 63.8 cm³/mol. The molecule has 2 N–H and O–H groups in total. The fraction of sp³-hybridized carbons (Fsp3) is 0.0769. The number of halogens is 4. The van der Waals surface area contributed by atoms with Gasteiger partial charge in [0.1, 0.15) is 5.75 Å². The standard InChI is InChI=1S/C13H8F4N2O2/c1-5-2-3-6(13(18)20)4-7(5)21-10-8(14)11(16)19-12(17)9(10)15/h2-4H,1H3,(H2,18,20). The number of amides is 1. The first-order valence-electron chi connectivity index (χ1n) is 5.59. The minimum Gasteiger partial charge on any atom is -0.450 e. The molecule has 1 aromatic heterocycles. The number of carbonyl (C=O) groups is 1. The summed E-state index contributed by atoms with van der Waals surface area (Å²) in [6, 6.07) is 3.87. The van der Waals surface area contributed by atoms with Gasteiger partial charge in [-0.05, 0) is 24.6 Å². The summed E-state index contributed by atoms with van der Waals surface area (Å²) in [4.78, 5) is 13.5. The molecule has 2 rings (SSSR count). The summed E-state index contributed by atoms with van der Waals surface area (Å²) in [6.07, 6.45) is 0. The van der Waals surface area contributed by atoms with Crippen LogP contribution in [0.15, 0.2) is 18.2 Å². The van der Waals surface area contributed by atoms with Crippen LogP contribution in [-0.2, 0) is 0 Å². The molecule has 0 aliphatic rings.